The Morgan fingerprint density at radius 1 is 1.05 bits per heavy atom. The maximum Gasteiger partial charge on any atom is 0.416 e. The van der Waals surface area contributed by atoms with E-state index in [4.69, 9.17) is 0 Å². The molecule has 0 unspecified atom stereocenters. The predicted molar refractivity (Wildman–Crippen MR) is 145 cm³/mol. The summed E-state index contributed by atoms with van der Waals surface area (Å²) >= 11 is 0. The van der Waals surface area contributed by atoms with Crippen LogP contribution in [0.1, 0.15) is 39.9 Å². The lowest BCUT2D eigenvalue weighted by atomic mass is 10.0. The van der Waals surface area contributed by atoms with E-state index >= 15 is 0 Å². The van der Waals surface area contributed by atoms with Gasteiger partial charge in [-0.05, 0) is 75.2 Å². The van der Waals surface area contributed by atoms with Gasteiger partial charge in [-0.1, -0.05) is 11.3 Å². The van der Waals surface area contributed by atoms with E-state index < -0.39 is 17.6 Å². The molecule has 3 heterocycles. The number of nitrogens with zero attached hydrogens (tertiary/aromatic N) is 6. The molecule has 1 saturated heterocycles. The Morgan fingerprint density at radius 3 is 2.52 bits per heavy atom. The number of hydrogen-bond donors (Lipinski definition) is 2. The number of halogens is 3. The van der Waals surface area contributed by atoms with Crippen LogP contribution < -0.4 is 10.6 Å². The van der Waals surface area contributed by atoms with Crippen LogP contribution in [-0.2, 0) is 6.18 Å². The number of carbonyl (C=O) groups is 1. The molecule has 0 spiro atoms. The Bertz CT molecular complexity index is 1500. The maximum absolute atomic E-state index is 13.9. The quantitative estimate of drug-likeness (QED) is 0.314. The summed E-state index contributed by atoms with van der Waals surface area (Å²) in [5.74, 6) is -0.649. The smallest absolute Gasteiger partial charge is 0.384 e. The van der Waals surface area contributed by atoms with E-state index in [1.54, 1.807) is 41.5 Å². The van der Waals surface area contributed by atoms with Gasteiger partial charge in [-0.3, -0.25) is 4.79 Å². The first kappa shape index (κ1) is 27.3. The van der Waals surface area contributed by atoms with Gasteiger partial charge in [0.2, 0.25) is 0 Å². The highest BCUT2D eigenvalue weighted by Crippen LogP contribution is 2.36. The molecule has 4 aromatic rings. The van der Waals surface area contributed by atoms with Crippen LogP contribution in [0.2, 0.25) is 0 Å². The summed E-state index contributed by atoms with van der Waals surface area (Å²) in [6, 6.07) is 7.55. The number of aromatic nitrogens is 5. The van der Waals surface area contributed by atoms with Gasteiger partial charge in [0.05, 0.1) is 17.4 Å². The molecule has 2 N–H and O–H groups in total. The van der Waals surface area contributed by atoms with Crippen molar-refractivity contribution in [1.82, 2.24) is 29.9 Å². The van der Waals surface area contributed by atoms with Crippen molar-refractivity contribution < 1.29 is 18.0 Å². The minimum absolute atomic E-state index is 0.0638. The molecule has 40 heavy (non-hydrogen) atoms. The number of carbonyl (C=O) groups excluding carboxylic acids is 1. The summed E-state index contributed by atoms with van der Waals surface area (Å²) in [6.45, 7) is 6.49. The second kappa shape index (κ2) is 11.4. The van der Waals surface area contributed by atoms with E-state index in [-0.39, 0.29) is 11.1 Å². The Labute approximate surface area is 229 Å². The number of amides is 1. The van der Waals surface area contributed by atoms with Gasteiger partial charge in [-0.25, -0.2) is 14.6 Å². The van der Waals surface area contributed by atoms with Gasteiger partial charge < -0.3 is 15.5 Å². The van der Waals surface area contributed by atoms with Crippen LogP contribution in [0.25, 0.3) is 16.9 Å². The molecule has 12 heteroatoms. The highest BCUT2D eigenvalue weighted by Gasteiger charge is 2.34. The summed E-state index contributed by atoms with van der Waals surface area (Å²) in [5.41, 5.74) is 2.61. The van der Waals surface area contributed by atoms with E-state index in [9.17, 15) is 18.0 Å². The van der Waals surface area contributed by atoms with Gasteiger partial charge in [0.15, 0.2) is 0 Å². The Balaban J connectivity index is 1.37. The summed E-state index contributed by atoms with van der Waals surface area (Å²) in [7, 11) is 0. The summed E-state index contributed by atoms with van der Waals surface area (Å²) in [6.07, 6.45) is 4.04. The molecule has 0 bridgehead atoms. The number of aryl methyl sites for hydroxylation is 1. The van der Waals surface area contributed by atoms with Crippen molar-refractivity contribution in [1.29, 1.82) is 0 Å². The lowest BCUT2D eigenvalue weighted by molar-refractivity contribution is -0.138. The monoisotopic (exact) mass is 550 g/mol. The molecule has 208 valence electrons. The van der Waals surface area contributed by atoms with Crippen molar-refractivity contribution in [3.05, 3.63) is 77.5 Å². The fourth-order valence-corrected chi connectivity index (χ4v) is 4.76. The maximum atomic E-state index is 13.9. The molecule has 2 aromatic heterocycles. The second-order valence-electron chi connectivity index (χ2n) is 9.80. The number of hydrogen-bond acceptors (Lipinski definition) is 7. The van der Waals surface area contributed by atoms with Crippen molar-refractivity contribution in [3.63, 3.8) is 0 Å². The molecule has 1 aliphatic rings. The average Bonchev–Trinajstić information content (AvgIpc) is 3.63. The first-order valence-corrected chi connectivity index (χ1v) is 13.0. The van der Waals surface area contributed by atoms with Crippen LogP contribution in [0.3, 0.4) is 0 Å². The lowest BCUT2D eigenvalue weighted by Gasteiger charge is -2.20. The second-order valence-corrected chi connectivity index (χ2v) is 9.80. The first-order chi connectivity index (χ1) is 19.2. The molecule has 0 saturated carbocycles. The van der Waals surface area contributed by atoms with Crippen LogP contribution >= 0.6 is 0 Å². The van der Waals surface area contributed by atoms with E-state index in [0.717, 1.165) is 44.1 Å². The van der Waals surface area contributed by atoms with E-state index in [0.29, 0.717) is 34.9 Å². The van der Waals surface area contributed by atoms with E-state index in [1.165, 1.54) is 19.3 Å². The zero-order chi connectivity index (χ0) is 28.3. The molecule has 0 atom stereocenters. The van der Waals surface area contributed by atoms with Gasteiger partial charge in [-0.2, -0.15) is 13.2 Å². The van der Waals surface area contributed by atoms with Gasteiger partial charge in [0.25, 0.3) is 5.91 Å². The molecule has 9 nitrogen and oxygen atoms in total. The summed E-state index contributed by atoms with van der Waals surface area (Å²) in [5, 5.41) is 14.2. The Hall–Kier alpha value is -4.32. The minimum atomic E-state index is -4.60. The van der Waals surface area contributed by atoms with Crippen LogP contribution in [-0.4, -0.2) is 61.9 Å². The van der Waals surface area contributed by atoms with Crippen molar-refractivity contribution in [2.24, 2.45) is 0 Å². The molecule has 1 fully saturated rings. The van der Waals surface area contributed by atoms with Crippen molar-refractivity contribution >= 4 is 17.3 Å². The van der Waals surface area contributed by atoms with Gasteiger partial charge >= 0.3 is 6.18 Å². The summed E-state index contributed by atoms with van der Waals surface area (Å²) < 4.78 is 43.2. The molecule has 5 rings (SSSR count). The molecule has 1 aliphatic heterocycles. The fraction of sp³-hybridized carbons (Fsp3) is 0.321. The molecule has 2 aromatic carbocycles. The van der Waals surface area contributed by atoms with Gasteiger partial charge in [-0.15, -0.1) is 5.10 Å². The van der Waals surface area contributed by atoms with Crippen molar-refractivity contribution in [3.8, 4) is 16.9 Å². The zero-order valence-corrected chi connectivity index (χ0v) is 22.2. The number of nitrogens with one attached hydrogen (secondary N) is 2. The highest BCUT2D eigenvalue weighted by molar-refractivity contribution is 6.05. The number of rotatable bonds is 8. The Morgan fingerprint density at radius 2 is 1.80 bits per heavy atom. The minimum Gasteiger partial charge on any atom is -0.384 e. The number of anilines is 2. The van der Waals surface area contributed by atoms with Gasteiger partial charge in [0.1, 0.15) is 12.0 Å². The van der Waals surface area contributed by atoms with Gasteiger partial charge in [0, 0.05) is 48.0 Å². The highest BCUT2D eigenvalue weighted by atomic mass is 19.4. The fourth-order valence-electron chi connectivity index (χ4n) is 4.76. The number of alkyl halides is 3. The van der Waals surface area contributed by atoms with Crippen molar-refractivity contribution in [2.45, 2.75) is 32.9 Å². The van der Waals surface area contributed by atoms with E-state index in [2.05, 4.69) is 35.8 Å². The van der Waals surface area contributed by atoms with Crippen molar-refractivity contribution in [2.75, 3.05) is 36.8 Å². The molecule has 1 amide bonds. The van der Waals surface area contributed by atoms with Crippen LogP contribution in [0.4, 0.5) is 24.5 Å². The normalized spacial score (nSPS) is 13.9. The summed E-state index contributed by atoms with van der Waals surface area (Å²) in [4.78, 5) is 23.4. The molecule has 0 aliphatic carbocycles. The lowest BCUT2D eigenvalue weighted by Crippen LogP contribution is -2.26. The number of benzene rings is 2. The third kappa shape index (κ3) is 6.12. The van der Waals surface area contributed by atoms with Crippen LogP contribution in [0.5, 0.6) is 0 Å². The standard InChI is InChI=1S/C28H29F3N8O/c1-18-5-6-22(13-26(18)39-16-25(36-37-39)21-14-32-17-33-15-21)35-27(40)20-11-23(28(29,30)31)19(2)24(12-20)34-7-10-38-8-3-4-9-38/h5-6,11-17,34H,3-4,7-10H2,1-2H3,(H,35,40). The topological polar surface area (TPSA) is 101 Å². The Kier molecular flexibility index (Phi) is 7.78. The molecule has 0 radical (unpaired) electrons. The molecular weight excluding hydrogens is 521 g/mol. The molecular formula is C28H29F3N8O. The predicted octanol–water partition coefficient (Wildman–Crippen LogP) is 5.12. The largest absolute Gasteiger partial charge is 0.416 e. The third-order valence-electron chi connectivity index (χ3n) is 6.98. The third-order valence-corrected chi connectivity index (χ3v) is 6.98. The number of likely N-dealkylation sites (tertiary alicyclic amines) is 1. The van der Waals surface area contributed by atoms with Crippen LogP contribution in [0.15, 0.2) is 55.2 Å². The first-order valence-electron chi connectivity index (χ1n) is 13.0. The van der Waals surface area contributed by atoms with E-state index in [1.807, 2.05) is 6.92 Å². The SMILES string of the molecule is Cc1ccc(NC(=O)c2cc(NCCN3CCCC3)c(C)c(C(F)(F)F)c2)cc1-n1cc(-c2cncnc2)nn1. The average molecular weight is 551 g/mol. The van der Waals surface area contributed by atoms with Crippen LogP contribution in [0, 0.1) is 13.8 Å². The zero-order valence-electron chi connectivity index (χ0n) is 22.2.